The minimum Gasteiger partial charge on any atom is -0.332 e. The normalized spacial score (nSPS) is 13.8. The van der Waals surface area contributed by atoms with Gasteiger partial charge in [0, 0.05) is 37.1 Å². The quantitative estimate of drug-likeness (QED) is 0.465. The molecule has 1 heterocycles. The van der Waals surface area contributed by atoms with E-state index in [9.17, 15) is 14.9 Å². The van der Waals surface area contributed by atoms with Crippen molar-refractivity contribution in [2.75, 3.05) is 0 Å². The van der Waals surface area contributed by atoms with E-state index in [1.807, 2.05) is 12.1 Å². The molecule has 1 aliphatic rings. The van der Waals surface area contributed by atoms with Crippen molar-refractivity contribution in [1.29, 1.82) is 0 Å². The van der Waals surface area contributed by atoms with E-state index in [1.165, 1.54) is 18.2 Å². The topological polar surface area (TPSA) is 76.3 Å². The van der Waals surface area contributed by atoms with Crippen LogP contribution in [0.3, 0.4) is 0 Å². The number of nitro groups is 1. The van der Waals surface area contributed by atoms with Crippen molar-refractivity contribution in [1.82, 2.24) is 9.88 Å². The van der Waals surface area contributed by atoms with Gasteiger partial charge in [0.15, 0.2) is 0 Å². The summed E-state index contributed by atoms with van der Waals surface area (Å²) in [6.45, 7) is 0.521. The van der Waals surface area contributed by atoms with E-state index in [2.05, 4.69) is 4.98 Å². The predicted molar refractivity (Wildman–Crippen MR) is 89.9 cm³/mol. The molecule has 1 amide bonds. The fourth-order valence-corrected chi connectivity index (χ4v) is 2.51. The fraction of sp³-hybridized carbons (Fsp3) is 0.222. The Labute approximate surface area is 139 Å². The minimum absolute atomic E-state index is 0.00587. The Morgan fingerprint density at radius 1 is 1.25 bits per heavy atom. The van der Waals surface area contributed by atoms with Crippen molar-refractivity contribution in [2.45, 2.75) is 25.4 Å². The molecule has 0 spiro atoms. The molecule has 1 aromatic heterocycles. The summed E-state index contributed by atoms with van der Waals surface area (Å²) < 4.78 is 0. The summed E-state index contributed by atoms with van der Waals surface area (Å²) in [7, 11) is 0. The van der Waals surface area contributed by atoms with Crippen LogP contribution >= 0.6 is 0 Å². The molecule has 122 valence electrons. The van der Waals surface area contributed by atoms with Gasteiger partial charge in [-0.05, 0) is 42.7 Å². The Balaban J connectivity index is 1.76. The van der Waals surface area contributed by atoms with Crippen molar-refractivity contribution in [3.63, 3.8) is 0 Å². The lowest BCUT2D eigenvalue weighted by atomic mass is 10.1. The first-order chi connectivity index (χ1) is 11.6. The number of nitrogens with zero attached hydrogens (tertiary/aromatic N) is 3. The molecule has 6 nitrogen and oxygen atoms in total. The molecule has 0 unspecified atom stereocenters. The molecule has 0 atom stereocenters. The second-order valence-electron chi connectivity index (χ2n) is 5.70. The predicted octanol–water partition coefficient (Wildman–Crippen LogP) is 3.19. The van der Waals surface area contributed by atoms with Crippen LogP contribution in [-0.2, 0) is 11.3 Å². The van der Waals surface area contributed by atoms with Gasteiger partial charge in [0.1, 0.15) is 0 Å². The Bertz CT molecular complexity index is 770. The summed E-state index contributed by atoms with van der Waals surface area (Å²) >= 11 is 0. The van der Waals surface area contributed by atoms with E-state index in [0.717, 1.165) is 18.4 Å². The highest BCUT2D eigenvalue weighted by Gasteiger charge is 2.31. The molecule has 1 aliphatic carbocycles. The first-order valence-electron chi connectivity index (χ1n) is 7.76. The number of carbonyl (C=O) groups is 1. The second kappa shape index (κ2) is 7.04. The molecule has 1 saturated carbocycles. The molecular weight excluding hydrogens is 306 g/mol. The lowest BCUT2D eigenvalue weighted by Gasteiger charge is -2.20. The second-order valence-corrected chi connectivity index (χ2v) is 5.70. The standard InChI is InChI=1S/C18H17N3O3/c22-18(8-5-15-3-1-2-4-17(15)21(23)24)20(16-6-7-16)13-14-9-11-19-12-10-14/h1-5,8-12,16H,6-7,13H2/b8-5+. The highest BCUT2D eigenvalue weighted by atomic mass is 16.6. The number of hydrogen-bond acceptors (Lipinski definition) is 4. The largest absolute Gasteiger partial charge is 0.332 e. The number of rotatable bonds is 6. The van der Waals surface area contributed by atoms with Crippen molar-refractivity contribution in [3.8, 4) is 0 Å². The van der Waals surface area contributed by atoms with E-state index in [4.69, 9.17) is 0 Å². The monoisotopic (exact) mass is 323 g/mol. The van der Waals surface area contributed by atoms with Gasteiger partial charge in [-0.15, -0.1) is 0 Å². The zero-order valence-corrected chi connectivity index (χ0v) is 13.0. The Hall–Kier alpha value is -3.02. The third-order valence-electron chi connectivity index (χ3n) is 3.91. The van der Waals surface area contributed by atoms with Crippen molar-refractivity contribution in [3.05, 3.63) is 76.1 Å². The van der Waals surface area contributed by atoms with Crippen LogP contribution < -0.4 is 0 Å². The van der Waals surface area contributed by atoms with E-state index < -0.39 is 4.92 Å². The number of amides is 1. The zero-order chi connectivity index (χ0) is 16.9. The summed E-state index contributed by atoms with van der Waals surface area (Å²) in [5.74, 6) is -0.132. The van der Waals surface area contributed by atoms with E-state index in [-0.39, 0.29) is 17.6 Å². The third-order valence-corrected chi connectivity index (χ3v) is 3.91. The van der Waals surface area contributed by atoms with Gasteiger partial charge in [0.05, 0.1) is 10.5 Å². The number of carbonyl (C=O) groups excluding carboxylic acids is 1. The summed E-state index contributed by atoms with van der Waals surface area (Å²) in [4.78, 5) is 28.9. The van der Waals surface area contributed by atoms with Crippen LogP contribution in [0.15, 0.2) is 54.9 Å². The number of pyridine rings is 1. The smallest absolute Gasteiger partial charge is 0.276 e. The fourth-order valence-electron chi connectivity index (χ4n) is 2.51. The number of para-hydroxylation sites is 1. The lowest BCUT2D eigenvalue weighted by Crippen LogP contribution is -2.31. The van der Waals surface area contributed by atoms with E-state index >= 15 is 0 Å². The molecule has 6 heteroatoms. The van der Waals surface area contributed by atoms with Gasteiger partial charge in [0.2, 0.25) is 5.91 Å². The van der Waals surface area contributed by atoms with Crippen LogP contribution in [0.25, 0.3) is 6.08 Å². The van der Waals surface area contributed by atoms with Crippen LogP contribution in [0.2, 0.25) is 0 Å². The van der Waals surface area contributed by atoms with Crippen LogP contribution in [0, 0.1) is 10.1 Å². The number of nitro benzene ring substituents is 1. The third kappa shape index (κ3) is 3.84. The first-order valence-corrected chi connectivity index (χ1v) is 7.76. The average Bonchev–Trinajstić information content (AvgIpc) is 3.43. The summed E-state index contributed by atoms with van der Waals surface area (Å²) in [5.41, 5.74) is 1.44. The molecule has 1 aromatic carbocycles. The summed E-state index contributed by atoms with van der Waals surface area (Å²) in [6, 6.07) is 10.4. The zero-order valence-electron chi connectivity index (χ0n) is 13.0. The van der Waals surface area contributed by atoms with Gasteiger partial charge in [-0.3, -0.25) is 19.9 Å². The Morgan fingerprint density at radius 3 is 2.62 bits per heavy atom. The highest BCUT2D eigenvalue weighted by Crippen LogP contribution is 2.29. The van der Waals surface area contributed by atoms with Gasteiger partial charge in [0.25, 0.3) is 5.69 Å². The number of hydrogen-bond donors (Lipinski definition) is 0. The average molecular weight is 323 g/mol. The van der Waals surface area contributed by atoms with E-state index in [1.54, 1.807) is 35.5 Å². The molecule has 0 aliphatic heterocycles. The maximum atomic E-state index is 12.5. The van der Waals surface area contributed by atoms with Gasteiger partial charge < -0.3 is 4.90 Å². The summed E-state index contributed by atoms with van der Waals surface area (Å²) in [6.07, 6.45) is 8.33. The number of aromatic nitrogens is 1. The van der Waals surface area contributed by atoms with Crippen LogP contribution in [-0.4, -0.2) is 26.8 Å². The molecule has 0 N–H and O–H groups in total. The van der Waals surface area contributed by atoms with Gasteiger partial charge in [-0.1, -0.05) is 12.1 Å². The lowest BCUT2D eigenvalue weighted by molar-refractivity contribution is -0.385. The first kappa shape index (κ1) is 15.9. The van der Waals surface area contributed by atoms with Crippen molar-refractivity contribution < 1.29 is 9.72 Å². The van der Waals surface area contributed by atoms with Crippen LogP contribution in [0.4, 0.5) is 5.69 Å². The molecular formula is C18H17N3O3. The molecule has 0 bridgehead atoms. The van der Waals surface area contributed by atoms with Gasteiger partial charge in [-0.25, -0.2) is 0 Å². The number of benzene rings is 1. The van der Waals surface area contributed by atoms with Crippen molar-refractivity contribution >= 4 is 17.7 Å². The molecule has 0 radical (unpaired) electrons. The molecule has 24 heavy (non-hydrogen) atoms. The van der Waals surface area contributed by atoms with Crippen molar-refractivity contribution in [2.24, 2.45) is 0 Å². The SMILES string of the molecule is O=C(/C=C/c1ccccc1[N+](=O)[O-])N(Cc1ccncc1)C1CC1. The maximum absolute atomic E-state index is 12.5. The highest BCUT2D eigenvalue weighted by molar-refractivity contribution is 5.92. The Kier molecular flexibility index (Phi) is 4.65. The minimum atomic E-state index is -0.445. The molecule has 0 saturated heterocycles. The maximum Gasteiger partial charge on any atom is 0.276 e. The van der Waals surface area contributed by atoms with E-state index in [0.29, 0.717) is 12.1 Å². The molecule has 3 rings (SSSR count). The molecule has 1 fully saturated rings. The van der Waals surface area contributed by atoms with Gasteiger partial charge in [-0.2, -0.15) is 0 Å². The Morgan fingerprint density at radius 2 is 1.96 bits per heavy atom. The van der Waals surface area contributed by atoms with Gasteiger partial charge >= 0.3 is 0 Å². The molecule has 2 aromatic rings. The summed E-state index contributed by atoms with van der Waals surface area (Å²) in [5, 5.41) is 11.0. The van der Waals surface area contributed by atoms with Crippen LogP contribution in [0.1, 0.15) is 24.0 Å². The van der Waals surface area contributed by atoms with Crippen LogP contribution in [0.5, 0.6) is 0 Å².